The third-order valence-corrected chi connectivity index (χ3v) is 3.32. The summed E-state index contributed by atoms with van der Waals surface area (Å²) in [7, 11) is 1.82. The lowest BCUT2D eigenvalue weighted by molar-refractivity contribution is -0.145. The largest absolute Gasteiger partial charge is 0.481 e. The van der Waals surface area contributed by atoms with Crippen molar-refractivity contribution in [3.63, 3.8) is 0 Å². The maximum atomic E-state index is 11.4. The summed E-state index contributed by atoms with van der Waals surface area (Å²) < 4.78 is 1.68. The number of carbonyl (C=O) groups is 1. The number of aliphatic carboxylic acids is 1. The molecule has 15 heavy (non-hydrogen) atoms. The molecule has 0 bridgehead atoms. The van der Waals surface area contributed by atoms with E-state index in [9.17, 15) is 9.90 Å². The van der Waals surface area contributed by atoms with Gasteiger partial charge in [0.25, 0.3) is 0 Å². The molecular formula is C11H16N2O2. The molecule has 0 spiro atoms. The van der Waals surface area contributed by atoms with Crippen LogP contribution in [-0.4, -0.2) is 20.9 Å². The number of hydrogen-bond acceptors (Lipinski definition) is 2. The predicted molar refractivity (Wildman–Crippen MR) is 55.6 cm³/mol. The summed E-state index contributed by atoms with van der Waals surface area (Å²) in [5, 5.41) is 13.7. The van der Waals surface area contributed by atoms with Crippen LogP contribution in [0.4, 0.5) is 0 Å². The number of nitrogens with zero attached hydrogens (tertiary/aromatic N) is 2. The van der Waals surface area contributed by atoms with Crippen LogP contribution in [0.5, 0.6) is 0 Å². The summed E-state index contributed by atoms with van der Waals surface area (Å²) in [6, 6.07) is 1.83. The maximum absolute atomic E-state index is 11.4. The van der Waals surface area contributed by atoms with Gasteiger partial charge in [0, 0.05) is 13.2 Å². The summed E-state index contributed by atoms with van der Waals surface area (Å²) in [6.45, 7) is 0. The Bertz CT molecular complexity index is 364. The molecule has 1 aliphatic rings. The van der Waals surface area contributed by atoms with Gasteiger partial charge in [0.1, 0.15) is 5.41 Å². The highest BCUT2D eigenvalue weighted by Gasteiger charge is 2.43. The topological polar surface area (TPSA) is 55.1 Å². The van der Waals surface area contributed by atoms with E-state index in [1.54, 1.807) is 4.68 Å². The van der Waals surface area contributed by atoms with Crippen LogP contribution in [0.3, 0.4) is 0 Å². The zero-order valence-corrected chi connectivity index (χ0v) is 8.94. The Hall–Kier alpha value is -1.32. The van der Waals surface area contributed by atoms with Crippen LogP contribution in [0.25, 0.3) is 0 Å². The lowest BCUT2D eigenvalue weighted by Gasteiger charge is -2.31. The van der Waals surface area contributed by atoms with Gasteiger partial charge < -0.3 is 5.11 Å². The van der Waals surface area contributed by atoms with Gasteiger partial charge >= 0.3 is 5.97 Å². The molecular weight excluding hydrogens is 192 g/mol. The van der Waals surface area contributed by atoms with Crippen LogP contribution in [0.15, 0.2) is 12.3 Å². The molecule has 1 fully saturated rings. The van der Waals surface area contributed by atoms with Crippen LogP contribution >= 0.6 is 0 Å². The lowest BCUT2D eigenvalue weighted by Crippen LogP contribution is -2.38. The third kappa shape index (κ3) is 1.64. The zero-order chi connectivity index (χ0) is 10.9. The molecule has 0 saturated heterocycles. The first-order chi connectivity index (χ1) is 7.15. The Balaban J connectivity index is 2.37. The molecule has 4 heteroatoms. The van der Waals surface area contributed by atoms with Crippen LogP contribution in [-0.2, 0) is 17.3 Å². The van der Waals surface area contributed by atoms with Crippen molar-refractivity contribution in [3.8, 4) is 0 Å². The number of rotatable bonds is 2. The van der Waals surface area contributed by atoms with Crippen molar-refractivity contribution in [1.29, 1.82) is 0 Å². The van der Waals surface area contributed by atoms with Gasteiger partial charge in [-0.2, -0.15) is 5.10 Å². The van der Waals surface area contributed by atoms with Gasteiger partial charge in [-0.05, 0) is 18.9 Å². The van der Waals surface area contributed by atoms with Gasteiger partial charge in [0.2, 0.25) is 0 Å². The number of hydrogen-bond donors (Lipinski definition) is 1. The van der Waals surface area contributed by atoms with Crippen molar-refractivity contribution in [2.45, 2.75) is 37.5 Å². The number of aryl methyl sites for hydroxylation is 1. The molecule has 2 rings (SSSR count). The molecule has 4 nitrogen and oxygen atoms in total. The van der Waals surface area contributed by atoms with E-state index in [4.69, 9.17) is 0 Å². The fourth-order valence-electron chi connectivity index (χ4n) is 2.41. The highest BCUT2D eigenvalue weighted by Crippen LogP contribution is 2.38. The van der Waals surface area contributed by atoms with Crippen LogP contribution < -0.4 is 0 Å². The van der Waals surface area contributed by atoms with E-state index in [2.05, 4.69) is 5.10 Å². The molecule has 1 aliphatic carbocycles. The van der Waals surface area contributed by atoms with Gasteiger partial charge in [-0.25, -0.2) is 0 Å². The Kier molecular flexibility index (Phi) is 2.50. The lowest BCUT2D eigenvalue weighted by atomic mass is 9.72. The second-order valence-electron chi connectivity index (χ2n) is 4.32. The van der Waals surface area contributed by atoms with Gasteiger partial charge in [-0.15, -0.1) is 0 Å². The fraction of sp³-hybridized carbons (Fsp3) is 0.636. The molecule has 0 radical (unpaired) electrons. The molecule has 1 aromatic rings. The minimum Gasteiger partial charge on any atom is -0.481 e. The van der Waals surface area contributed by atoms with E-state index in [1.165, 1.54) is 0 Å². The molecule has 1 saturated carbocycles. The fourth-order valence-corrected chi connectivity index (χ4v) is 2.41. The summed E-state index contributed by atoms with van der Waals surface area (Å²) in [5.41, 5.74) is -0.00308. The summed E-state index contributed by atoms with van der Waals surface area (Å²) >= 11 is 0. The van der Waals surface area contributed by atoms with E-state index in [0.29, 0.717) is 0 Å². The molecule has 82 valence electrons. The first-order valence-electron chi connectivity index (χ1n) is 5.39. The van der Waals surface area contributed by atoms with E-state index < -0.39 is 11.4 Å². The van der Waals surface area contributed by atoms with Crippen LogP contribution in [0.2, 0.25) is 0 Å². The van der Waals surface area contributed by atoms with Gasteiger partial charge in [0.05, 0.1) is 5.69 Å². The smallest absolute Gasteiger partial charge is 0.315 e. The molecule has 1 N–H and O–H groups in total. The SMILES string of the molecule is Cn1ccc(C2(C(=O)O)CCCCC2)n1. The molecule has 0 aromatic carbocycles. The van der Waals surface area contributed by atoms with Crippen molar-refractivity contribution in [3.05, 3.63) is 18.0 Å². The second kappa shape index (κ2) is 3.68. The molecule has 1 heterocycles. The number of aromatic nitrogens is 2. The van der Waals surface area contributed by atoms with Crippen molar-refractivity contribution in [1.82, 2.24) is 9.78 Å². The third-order valence-electron chi connectivity index (χ3n) is 3.32. The summed E-state index contributed by atoms with van der Waals surface area (Å²) in [6.07, 6.45) is 6.38. The molecule has 0 aliphatic heterocycles. The maximum Gasteiger partial charge on any atom is 0.315 e. The van der Waals surface area contributed by atoms with E-state index >= 15 is 0 Å². The van der Waals surface area contributed by atoms with Gasteiger partial charge in [-0.3, -0.25) is 9.48 Å². The molecule has 0 amide bonds. The standard InChI is InChI=1S/C11H16N2O2/c1-13-8-5-9(12-13)11(10(14)15)6-3-2-4-7-11/h5,8H,2-4,6-7H2,1H3,(H,14,15). The Labute approximate surface area is 88.9 Å². The highest BCUT2D eigenvalue weighted by atomic mass is 16.4. The highest BCUT2D eigenvalue weighted by molar-refractivity contribution is 5.80. The number of carboxylic acid groups (broad SMARTS) is 1. The van der Waals surface area contributed by atoms with Gasteiger partial charge in [-0.1, -0.05) is 19.3 Å². The predicted octanol–water partition coefficient (Wildman–Crippen LogP) is 1.71. The summed E-state index contributed by atoms with van der Waals surface area (Å²) in [5.74, 6) is -0.721. The Morgan fingerprint density at radius 2 is 2.13 bits per heavy atom. The Morgan fingerprint density at radius 3 is 2.60 bits per heavy atom. The first kappa shape index (κ1) is 10.2. The van der Waals surface area contributed by atoms with E-state index in [-0.39, 0.29) is 0 Å². The van der Waals surface area contributed by atoms with Crippen molar-refractivity contribution < 1.29 is 9.90 Å². The minimum absolute atomic E-state index is 0.720. The normalized spacial score (nSPS) is 20.1. The minimum atomic E-state index is -0.723. The Morgan fingerprint density at radius 1 is 1.47 bits per heavy atom. The average Bonchev–Trinajstić information content (AvgIpc) is 2.66. The van der Waals surface area contributed by atoms with E-state index in [1.807, 2.05) is 19.3 Å². The van der Waals surface area contributed by atoms with Crippen LogP contribution in [0.1, 0.15) is 37.8 Å². The van der Waals surface area contributed by atoms with Gasteiger partial charge in [0.15, 0.2) is 0 Å². The van der Waals surface area contributed by atoms with Crippen molar-refractivity contribution in [2.75, 3.05) is 0 Å². The second-order valence-corrected chi connectivity index (χ2v) is 4.32. The van der Waals surface area contributed by atoms with Crippen molar-refractivity contribution >= 4 is 5.97 Å². The quantitative estimate of drug-likeness (QED) is 0.804. The molecule has 1 aromatic heterocycles. The summed E-state index contributed by atoms with van der Waals surface area (Å²) in [4.78, 5) is 11.4. The number of carboxylic acids is 1. The molecule has 0 atom stereocenters. The average molecular weight is 208 g/mol. The van der Waals surface area contributed by atoms with Crippen molar-refractivity contribution in [2.24, 2.45) is 7.05 Å². The monoisotopic (exact) mass is 208 g/mol. The molecule has 0 unspecified atom stereocenters. The van der Waals surface area contributed by atoms with Crippen LogP contribution in [0, 0.1) is 0 Å². The zero-order valence-electron chi connectivity index (χ0n) is 8.94. The first-order valence-corrected chi connectivity index (χ1v) is 5.39. The van der Waals surface area contributed by atoms with E-state index in [0.717, 1.165) is 37.8 Å².